The van der Waals surface area contributed by atoms with E-state index in [0.29, 0.717) is 11.9 Å². The average molecular weight is 473 g/mol. The molecule has 8 heteroatoms. The van der Waals surface area contributed by atoms with Gasteiger partial charge in [0, 0.05) is 21.2 Å². The maximum Gasteiger partial charge on any atom is 0.147 e. The second kappa shape index (κ2) is 10.3. The zero-order valence-electron chi connectivity index (χ0n) is 19.3. The van der Waals surface area contributed by atoms with E-state index in [4.69, 9.17) is 21.1 Å². The second-order valence-corrected chi connectivity index (χ2v) is 15.6. The standard InChI is InChI=1S/C24H33ClN4O2Si/c1-32(2,3)15-14-30-18-29-22(16-21-23(25)26-17-27-24(21)29)19-6-8-20(9-7-19)31-13-12-28-10-4-5-11-28/h6-9,16-17H,4-5,10-15,18H2,1-3H3. The Bertz CT molecular complexity index is 1030. The first-order chi connectivity index (χ1) is 15.4. The number of rotatable bonds is 10. The first kappa shape index (κ1) is 23.2. The van der Waals surface area contributed by atoms with Gasteiger partial charge in [-0.25, -0.2) is 9.97 Å². The van der Waals surface area contributed by atoms with Gasteiger partial charge in [-0.05, 0) is 67.9 Å². The number of benzene rings is 1. The van der Waals surface area contributed by atoms with Crippen molar-refractivity contribution in [3.8, 4) is 17.0 Å². The molecule has 1 aromatic carbocycles. The molecule has 0 saturated carbocycles. The fourth-order valence-electron chi connectivity index (χ4n) is 3.96. The normalized spacial score (nSPS) is 15.0. The highest BCUT2D eigenvalue weighted by Gasteiger charge is 2.17. The van der Waals surface area contributed by atoms with Crippen molar-refractivity contribution < 1.29 is 9.47 Å². The van der Waals surface area contributed by atoms with Crippen molar-refractivity contribution in [2.75, 3.05) is 32.8 Å². The molecule has 1 fully saturated rings. The third kappa shape index (κ3) is 5.89. The highest BCUT2D eigenvalue weighted by atomic mass is 35.5. The van der Waals surface area contributed by atoms with Gasteiger partial charge in [-0.3, -0.25) is 4.90 Å². The van der Waals surface area contributed by atoms with Crippen LogP contribution in [-0.4, -0.2) is 60.4 Å². The smallest absolute Gasteiger partial charge is 0.147 e. The third-order valence-corrected chi connectivity index (χ3v) is 7.89. The van der Waals surface area contributed by atoms with E-state index in [2.05, 4.69) is 51.2 Å². The van der Waals surface area contributed by atoms with Crippen LogP contribution in [0, 0.1) is 0 Å². The van der Waals surface area contributed by atoms with Crippen molar-refractivity contribution >= 4 is 30.7 Å². The highest BCUT2D eigenvalue weighted by molar-refractivity contribution is 6.76. The monoisotopic (exact) mass is 472 g/mol. The lowest BCUT2D eigenvalue weighted by Crippen LogP contribution is -2.25. The number of hydrogen-bond donors (Lipinski definition) is 0. The molecule has 0 bridgehead atoms. The summed E-state index contributed by atoms with van der Waals surface area (Å²) in [7, 11) is -1.14. The molecule has 1 aliphatic rings. The van der Waals surface area contributed by atoms with Gasteiger partial charge < -0.3 is 14.0 Å². The fraction of sp³-hybridized carbons (Fsp3) is 0.500. The Morgan fingerprint density at radius 3 is 2.50 bits per heavy atom. The van der Waals surface area contributed by atoms with Crippen LogP contribution in [0.5, 0.6) is 5.75 Å². The van der Waals surface area contributed by atoms with Crippen LogP contribution in [0.1, 0.15) is 12.8 Å². The molecule has 0 N–H and O–H groups in total. The van der Waals surface area contributed by atoms with Crippen LogP contribution in [-0.2, 0) is 11.5 Å². The minimum absolute atomic E-state index is 0.435. The number of ether oxygens (including phenoxy) is 2. The first-order valence-electron chi connectivity index (χ1n) is 11.4. The van der Waals surface area contributed by atoms with Crippen LogP contribution < -0.4 is 4.74 Å². The highest BCUT2D eigenvalue weighted by Crippen LogP contribution is 2.31. The molecule has 0 radical (unpaired) electrons. The SMILES string of the molecule is C[Si](C)(C)CCOCn1c(-c2ccc(OCCN3CCCC3)cc2)cc2c(Cl)ncnc21. The molecule has 0 unspecified atom stereocenters. The summed E-state index contributed by atoms with van der Waals surface area (Å²) >= 11 is 6.36. The third-order valence-electron chi connectivity index (χ3n) is 5.88. The van der Waals surface area contributed by atoms with E-state index < -0.39 is 8.07 Å². The second-order valence-electron chi connectivity index (χ2n) is 9.63. The van der Waals surface area contributed by atoms with Crippen molar-refractivity contribution in [1.82, 2.24) is 19.4 Å². The number of nitrogens with zero attached hydrogens (tertiary/aromatic N) is 4. The molecule has 3 heterocycles. The number of halogens is 1. The van der Waals surface area contributed by atoms with Crippen molar-refractivity contribution in [3.05, 3.63) is 41.8 Å². The van der Waals surface area contributed by atoms with E-state index in [9.17, 15) is 0 Å². The molecule has 0 aliphatic carbocycles. The molecule has 1 aliphatic heterocycles. The number of hydrogen-bond acceptors (Lipinski definition) is 5. The van der Waals surface area contributed by atoms with E-state index in [-0.39, 0.29) is 0 Å². The van der Waals surface area contributed by atoms with E-state index in [1.165, 1.54) is 32.3 Å². The molecule has 3 aromatic rings. The number of fused-ring (bicyclic) bond motifs is 1. The zero-order chi connectivity index (χ0) is 22.6. The van der Waals surface area contributed by atoms with Gasteiger partial charge in [0.25, 0.3) is 0 Å². The van der Waals surface area contributed by atoms with Gasteiger partial charge in [0.15, 0.2) is 0 Å². The summed E-state index contributed by atoms with van der Waals surface area (Å²) in [6, 6.07) is 11.4. The van der Waals surface area contributed by atoms with Gasteiger partial charge in [-0.1, -0.05) is 31.2 Å². The van der Waals surface area contributed by atoms with Gasteiger partial charge in [-0.2, -0.15) is 0 Å². The predicted molar refractivity (Wildman–Crippen MR) is 133 cm³/mol. The summed E-state index contributed by atoms with van der Waals surface area (Å²) in [5.74, 6) is 0.889. The molecule has 2 aromatic heterocycles. The number of aromatic nitrogens is 3. The van der Waals surface area contributed by atoms with E-state index in [1.807, 2.05) is 18.2 Å². The van der Waals surface area contributed by atoms with Crippen LogP contribution in [0.4, 0.5) is 0 Å². The van der Waals surface area contributed by atoms with E-state index in [1.54, 1.807) is 0 Å². The lowest BCUT2D eigenvalue weighted by Gasteiger charge is -2.17. The molecule has 0 spiro atoms. The van der Waals surface area contributed by atoms with Crippen LogP contribution in [0.3, 0.4) is 0 Å². The molecule has 0 atom stereocenters. The Kier molecular flexibility index (Phi) is 7.50. The van der Waals surface area contributed by atoms with Crippen LogP contribution in [0.25, 0.3) is 22.3 Å². The fourth-order valence-corrected chi connectivity index (χ4v) is 4.90. The van der Waals surface area contributed by atoms with Gasteiger partial charge in [0.2, 0.25) is 0 Å². The largest absolute Gasteiger partial charge is 0.492 e. The predicted octanol–water partition coefficient (Wildman–Crippen LogP) is 5.54. The van der Waals surface area contributed by atoms with Crippen LogP contribution >= 0.6 is 11.6 Å². The molecule has 4 rings (SSSR count). The van der Waals surface area contributed by atoms with E-state index >= 15 is 0 Å². The molecular formula is C24H33ClN4O2Si. The summed E-state index contributed by atoms with van der Waals surface area (Å²) in [6.07, 6.45) is 4.11. The first-order valence-corrected chi connectivity index (χ1v) is 15.5. The molecule has 1 saturated heterocycles. The van der Waals surface area contributed by atoms with Crippen molar-refractivity contribution in [3.63, 3.8) is 0 Å². The van der Waals surface area contributed by atoms with Crippen molar-refractivity contribution in [2.45, 2.75) is 45.3 Å². The summed E-state index contributed by atoms with van der Waals surface area (Å²) in [6.45, 7) is 12.3. The Labute approximate surface area is 196 Å². The van der Waals surface area contributed by atoms with Gasteiger partial charge >= 0.3 is 0 Å². The minimum Gasteiger partial charge on any atom is -0.492 e. The lowest BCUT2D eigenvalue weighted by molar-refractivity contribution is 0.0909. The summed E-state index contributed by atoms with van der Waals surface area (Å²) in [5.41, 5.74) is 2.87. The van der Waals surface area contributed by atoms with Gasteiger partial charge in [-0.15, -0.1) is 0 Å². The molecule has 0 amide bonds. The maximum atomic E-state index is 6.36. The quantitative estimate of drug-likeness (QED) is 0.220. The van der Waals surface area contributed by atoms with E-state index in [0.717, 1.165) is 53.8 Å². The van der Waals surface area contributed by atoms with Gasteiger partial charge in [0.1, 0.15) is 36.2 Å². The van der Waals surface area contributed by atoms with Crippen LogP contribution in [0.2, 0.25) is 30.8 Å². The minimum atomic E-state index is -1.14. The van der Waals surface area contributed by atoms with Crippen LogP contribution in [0.15, 0.2) is 36.7 Å². The molecule has 6 nitrogen and oxygen atoms in total. The molecule has 172 valence electrons. The Morgan fingerprint density at radius 1 is 1.03 bits per heavy atom. The Morgan fingerprint density at radius 2 is 1.78 bits per heavy atom. The van der Waals surface area contributed by atoms with Gasteiger partial charge in [0.05, 0.1) is 11.1 Å². The maximum absolute atomic E-state index is 6.36. The summed E-state index contributed by atoms with van der Waals surface area (Å²) < 4.78 is 14.1. The zero-order valence-corrected chi connectivity index (χ0v) is 21.1. The summed E-state index contributed by atoms with van der Waals surface area (Å²) in [5, 5.41) is 1.29. The average Bonchev–Trinajstić information content (AvgIpc) is 3.40. The van der Waals surface area contributed by atoms with Crippen molar-refractivity contribution in [2.24, 2.45) is 0 Å². The Hall–Kier alpha value is -1.93. The Balaban J connectivity index is 1.48. The molecular weight excluding hydrogens is 440 g/mol. The lowest BCUT2D eigenvalue weighted by atomic mass is 10.1. The topological polar surface area (TPSA) is 52.4 Å². The van der Waals surface area contributed by atoms with Crippen molar-refractivity contribution in [1.29, 1.82) is 0 Å². The molecule has 32 heavy (non-hydrogen) atoms. The number of likely N-dealkylation sites (tertiary alicyclic amines) is 1. The summed E-state index contributed by atoms with van der Waals surface area (Å²) in [4.78, 5) is 11.1.